The van der Waals surface area contributed by atoms with E-state index in [0.717, 1.165) is 43.5 Å². The molecule has 0 radical (unpaired) electrons. The molecule has 6 nitrogen and oxygen atoms in total. The first-order valence-electron chi connectivity index (χ1n) is 11.5. The van der Waals surface area contributed by atoms with Gasteiger partial charge in [-0.3, -0.25) is 9.59 Å². The van der Waals surface area contributed by atoms with Crippen LogP contribution in [0.25, 0.3) is 0 Å². The van der Waals surface area contributed by atoms with Crippen LogP contribution in [0.4, 0.5) is 0 Å². The van der Waals surface area contributed by atoms with E-state index in [2.05, 4.69) is 5.92 Å². The maximum atomic E-state index is 13.2. The van der Waals surface area contributed by atoms with Crippen LogP contribution in [0.15, 0.2) is 42.5 Å². The highest BCUT2D eigenvalue weighted by atomic mass is 16.5. The molecule has 0 saturated carbocycles. The van der Waals surface area contributed by atoms with Crippen LogP contribution in [0.1, 0.15) is 47.7 Å². The zero-order valence-electron chi connectivity index (χ0n) is 19.5. The predicted octanol–water partition coefficient (Wildman–Crippen LogP) is 4.06. The van der Waals surface area contributed by atoms with Crippen molar-refractivity contribution in [1.82, 2.24) is 9.80 Å². The third-order valence-electron chi connectivity index (χ3n) is 5.61. The largest absolute Gasteiger partial charge is 0.490 e. The molecule has 0 N–H and O–H groups in total. The molecule has 1 fully saturated rings. The minimum Gasteiger partial charge on any atom is -0.490 e. The van der Waals surface area contributed by atoms with E-state index in [1.807, 2.05) is 43.0 Å². The minimum atomic E-state index is -0.189. The van der Waals surface area contributed by atoms with Crippen LogP contribution >= 0.6 is 0 Å². The summed E-state index contributed by atoms with van der Waals surface area (Å²) in [5.74, 6) is 3.23. The summed E-state index contributed by atoms with van der Waals surface area (Å²) in [7, 11) is 0. The third-order valence-corrected chi connectivity index (χ3v) is 5.61. The molecule has 174 valence electrons. The van der Waals surface area contributed by atoms with E-state index in [1.165, 1.54) is 0 Å². The highest BCUT2D eigenvalue weighted by Crippen LogP contribution is 2.29. The van der Waals surface area contributed by atoms with Gasteiger partial charge in [0.05, 0.1) is 13.2 Å². The van der Waals surface area contributed by atoms with Crippen LogP contribution in [0.5, 0.6) is 11.5 Å². The lowest BCUT2D eigenvalue weighted by Crippen LogP contribution is -2.38. The van der Waals surface area contributed by atoms with Gasteiger partial charge in [0.2, 0.25) is 0 Å². The summed E-state index contributed by atoms with van der Waals surface area (Å²) in [4.78, 5) is 29.1. The van der Waals surface area contributed by atoms with Crippen LogP contribution in [0, 0.1) is 19.3 Å². The Labute approximate surface area is 196 Å². The monoisotopic (exact) mass is 448 g/mol. The number of carbonyl (C=O) groups excluding carboxylic acids is 2. The van der Waals surface area contributed by atoms with Crippen molar-refractivity contribution in [3.63, 3.8) is 0 Å². The van der Waals surface area contributed by atoms with Gasteiger partial charge >= 0.3 is 0 Å². The number of piperidine rings is 1. The highest BCUT2D eigenvalue weighted by molar-refractivity contribution is 5.95. The number of ether oxygens (including phenoxy) is 2. The topological polar surface area (TPSA) is 59.1 Å². The van der Waals surface area contributed by atoms with Gasteiger partial charge in [0.1, 0.15) is 0 Å². The van der Waals surface area contributed by atoms with Crippen molar-refractivity contribution in [1.29, 1.82) is 0 Å². The predicted molar refractivity (Wildman–Crippen MR) is 128 cm³/mol. The van der Waals surface area contributed by atoms with Gasteiger partial charge in [-0.1, -0.05) is 35.7 Å². The smallest absolute Gasteiger partial charge is 0.260 e. The molecule has 2 aromatic carbocycles. The van der Waals surface area contributed by atoms with E-state index in [1.54, 1.807) is 23.1 Å². The number of carbonyl (C=O) groups is 2. The molecular weight excluding hydrogens is 416 g/mol. The fraction of sp³-hybridized carbons (Fsp3) is 0.407. The molecule has 2 aromatic rings. The number of hydrogen-bond acceptors (Lipinski definition) is 4. The van der Waals surface area contributed by atoms with Crippen LogP contribution in [0.3, 0.4) is 0 Å². The molecule has 33 heavy (non-hydrogen) atoms. The van der Waals surface area contributed by atoms with Gasteiger partial charge in [0, 0.05) is 25.2 Å². The molecule has 1 saturated heterocycles. The molecule has 0 atom stereocenters. The van der Waals surface area contributed by atoms with Crippen LogP contribution in [-0.2, 0) is 11.3 Å². The number of nitrogens with zero attached hydrogens (tertiary/aromatic N) is 2. The molecule has 6 heteroatoms. The first-order valence-corrected chi connectivity index (χ1v) is 11.5. The minimum absolute atomic E-state index is 0.0319. The molecule has 3 rings (SSSR count). The maximum Gasteiger partial charge on any atom is 0.260 e. The summed E-state index contributed by atoms with van der Waals surface area (Å²) in [6, 6.07) is 13.0. The van der Waals surface area contributed by atoms with Crippen LogP contribution in [0.2, 0.25) is 0 Å². The van der Waals surface area contributed by atoms with Crippen molar-refractivity contribution < 1.29 is 19.1 Å². The number of benzene rings is 2. The van der Waals surface area contributed by atoms with Crippen molar-refractivity contribution in [3.05, 3.63) is 59.2 Å². The Kier molecular flexibility index (Phi) is 8.77. The second kappa shape index (κ2) is 12.0. The number of hydrogen-bond donors (Lipinski definition) is 0. The second-order valence-corrected chi connectivity index (χ2v) is 8.18. The summed E-state index contributed by atoms with van der Waals surface area (Å²) in [6.45, 7) is 6.40. The molecule has 0 aliphatic carbocycles. The third kappa shape index (κ3) is 6.76. The molecule has 0 spiro atoms. The van der Waals surface area contributed by atoms with Crippen molar-refractivity contribution in [3.8, 4) is 23.8 Å². The second-order valence-electron chi connectivity index (χ2n) is 8.18. The normalized spacial score (nSPS) is 13.2. The number of terminal acetylenes is 1. The van der Waals surface area contributed by atoms with Gasteiger partial charge in [-0.2, -0.15) is 0 Å². The molecule has 0 bridgehead atoms. The standard InChI is InChI=1S/C27H32N2O4/c1-4-15-29(19-22-11-9-21(3)10-12-22)27(31)23-13-14-24(25(18-23)32-5-2)33-20-26(30)28-16-7-6-8-17-28/h1,9-14,18H,5-8,15-17,19-20H2,2-3H3. The van der Waals surface area contributed by atoms with E-state index in [9.17, 15) is 9.59 Å². The average Bonchev–Trinajstić information content (AvgIpc) is 2.84. The fourth-order valence-electron chi connectivity index (χ4n) is 3.81. The summed E-state index contributed by atoms with van der Waals surface area (Å²) in [5.41, 5.74) is 2.62. The van der Waals surface area contributed by atoms with E-state index in [0.29, 0.717) is 30.2 Å². The number of amides is 2. The van der Waals surface area contributed by atoms with E-state index < -0.39 is 0 Å². The zero-order valence-corrected chi connectivity index (χ0v) is 19.5. The first-order chi connectivity index (χ1) is 16.0. The molecule has 1 aliphatic rings. The Balaban J connectivity index is 1.72. The van der Waals surface area contributed by atoms with Crippen molar-refractivity contribution in [2.75, 3.05) is 32.8 Å². The zero-order chi connectivity index (χ0) is 23.6. The van der Waals surface area contributed by atoms with Crippen LogP contribution < -0.4 is 9.47 Å². The van der Waals surface area contributed by atoms with Crippen molar-refractivity contribution in [2.45, 2.75) is 39.7 Å². The lowest BCUT2D eigenvalue weighted by molar-refractivity contribution is -0.134. The number of rotatable bonds is 9. The first kappa shape index (κ1) is 24.2. The Morgan fingerprint density at radius 3 is 2.42 bits per heavy atom. The number of aryl methyl sites for hydroxylation is 1. The summed E-state index contributed by atoms with van der Waals surface area (Å²) in [6.07, 6.45) is 8.75. The Morgan fingerprint density at radius 2 is 1.76 bits per heavy atom. The molecule has 0 aromatic heterocycles. The SMILES string of the molecule is C#CCN(Cc1ccc(C)cc1)C(=O)c1ccc(OCC(=O)N2CCCCC2)c(OCC)c1. The molecule has 0 unspecified atom stereocenters. The van der Waals surface area contributed by atoms with Gasteiger partial charge in [-0.15, -0.1) is 6.42 Å². The fourth-order valence-corrected chi connectivity index (χ4v) is 3.81. The van der Waals surface area contributed by atoms with Gasteiger partial charge in [0.15, 0.2) is 18.1 Å². The number of likely N-dealkylation sites (tertiary alicyclic amines) is 1. The molecular formula is C27H32N2O4. The lowest BCUT2D eigenvalue weighted by atomic mass is 10.1. The molecule has 2 amide bonds. The van der Waals surface area contributed by atoms with Gasteiger partial charge in [0.25, 0.3) is 11.8 Å². The van der Waals surface area contributed by atoms with Gasteiger partial charge in [-0.25, -0.2) is 0 Å². The van der Waals surface area contributed by atoms with E-state index in [-0.39, 0.29) is 25.0 Å². The summed E-state index contributed by atoms with van der Waals surface area (Å²) < 4.78 is 11.5. The Bertz CT molecular complexity index is 988. The highest BCUT2D eigenvalue weighted by Gasteiger charge is 2.20. The molecule has 1 heterocycles. The Morgan fingerprint density at radius 1 is 1.03 bits per heavy atom. The average molecular weight is 449 g/mol. The lowest BCUT2D eigenvalue weighted by Gasteiger charge is -2.26. The van der Waals surface area contributed by atoms with Crippen molar-refractivity contribution in [2.24, 2.45) is 0 Å². The summed E-state index contributed by atoms with van der Waals surface area (Å²) in [5, 5.41) is 0. The molecule has 1 aliphatic heterocycles. The summed E-state index contributed by atoms with van der Waals surface area (Å²) >= 11 is 0. The van der Waals surface area contributed by atoms with Gasteiger partial charge in [-0.05, 0) is 56.9 Å². The quantitative estimate of drug-likeness (QED) is 0.543. The van der Waals surface area contributed by atoms with Crippen LogP contribution in [-0.4, -0.2) is 54.5 Å². The van der Waals surface area contributed by atoms with Gasteiger partial charge < -0.3 is 19.3 Å². The Hall–Kier alpha value is -3.46. The maximum absolute atomic E-state index is 13.2. The van der Waals surface area contributed by atoms with E-state index >= 15 is 0 Å². The van der Waals surface area contributed by atoms with E-state index in [4.69, 9.17) is 15.9 Å². The van der Waals surface area contributed by atoms with Crippen molar-refractivity contribution >= 4 is 11.8 Å².